The zero-order valence-electron chi connectivity index (χ0n) is 11.0. The first-order valence-electron chi connectivity index (χ1n) is 6.29. The Bertz CT molecular complexity index is 545. The Morgan fingerprint density at radius 3 is 2.63 bits per heavy atom. The number of nitrogens with one attached hydrogen (secondary N) is 1. The Hall–Kier alpha value is -2.04. The van der Waals surface area contributed by atoms with Gasteiger partial charge < -0.3 is 10.1 Å². The zero-order chi connectivity index (χ0) is 13.7. The third-order valence-electron chi connectivity index (χ3n) is 4.23. The van der Waals surface area contributed by atoms with E-state index < -0.39 is 11.6 Å². The van der Waals surface area contributed by atoms with Gasteiger partial charge in [-0.3, -0.25) is 0 Å². The van der Waals surface area contributed by atoms with Crippen LogP contribution in [-0.4, -0.2) is 28.1 Å². The van der Waals surface area contributed by atoms with Crippen molar-refractivity contribution in [2.75, 3.05) is 0 Å². The van der Waals surface area contributed by atoms with Crippen LogP contribution >= 0.6 is 0 Å². The molecule has 1 heterocycles. The molecule has 0 spiro atoms. The van der Waals surface area contributed by atoms with E-state index in [0.717, 1.165) is 12.0 Å². The summed E-state index contributed by atoms with van der Waals surface area (Å²) in [5, 5.41) is 2.82. The number of nitrogens with zero attached hydrogens (tertiary/aromatic N) is 1. The van der Waals surface area contributed by atoms with Gasteiger partial charge in [0.15, 0.2) is 0 Å². The summed E-state index contributed by atoms with van der Waals surface area (Å²) in [5.74, 6) is 0. The highest BCUT2D eigenvalue weighted by atomic mass is 16.6. The molecule has 100 valence electrons. The van der Waals surface area contributed by atoms with E-state index in [9.17, 15) is 9.59 Å². The Balaban J connectivity index is 1.67. The first kappa shape index (κ1) is 12.0. The molecule has 0 bridgehead atoms. The standard InChI is InChI=1S/C14H16N2O3/c1-13-9-14(13,2)16(11(17)15-13)12(18)19-8-10-6-4-3-5-7-10/h3-7H,8-9H2,1-2H3,(H,15,17)/t13-,14+/m1/s1. The number of fused-ring (bicyclic) bond motifs is 1. The average Bonchev–Trinajstić information content (AvgIpc) is 2.82. The normalized spacial score (nSPS) is 31.7. The highest BCUT2D eigenvalue weighted by Crippen LogP contribution is 2.55. The number of urea groups is 1. The third kappa shape index (κ3) is 1.69. The van der Waals surface area contributed by atoms with E-state index in [1.165, 1.54) is 4.90 Å². The van der Waals surface area contributed by atoms with Gasteiger partial charge in [0.25, 0.3) is 0 Å². The second kappa shape index (κ2) is 3.73. The lowest BCUT2D eigenvalue weighted by atomic mass is 10.2. The highest BCUT2D eigenvalue weighted by molar-refractivity contribution is 5.97. The number of hydrogen-bond acceptors (Lipinski definition) is 3. The van der Waals surface area contributed by atoms with Crippen LogP contribution in [0.5, 0.6) is 0 Å². The summed E-state index contributed by atoms with van der Waals surface area (Å²) in [4.78, 5) is 25.1. The molecule has 0 unspecified atom stereocenters. The van der Waals surface area contributed by atoms with Crippen molar-refractivity contribution in [2.45, 2.75) is 38.0 Å². The first-order valence-corrected chi connectivity index (χ1v) is 6.29. The molecule has 2 fully saturated rings. The summed E-state index contributed by atoms with van der Waals surface area (Å²) >= 11 is 0. The molecule has 0 radical (unpaired) electrons. The number of rotatable bonds is 2. The molecule has 1 saturated heterocycles. The van der Waals surface area contributed by atoms with Crippen LogP contribution in [0.2, 0.25) is 0 Å². The van der Waals surface area contributed by atoms with Crippen LogP contribution in [-0.2, 0) is 11.3 Å². The molecule has 19 heavy (non-hydrogen) atoms. The van der Waals surface area contributed by atoms with Crippen molar-refractivity contribution in [3.05, 3.63) is 35.9 Å². The molecule has 5 heteroatoms. The van der Waals surface area contributed by atoms with Crippen LogP contribution in [0.1, 0.15) is 25.8 Å². The quantitative estimate of drug-likeness (QED) is 0.887. The molecule has 3 amide bonds. The number of amides is 3. The van der Waals surface area contributed by atoms with Gasteiger partial charge in [-0.2, -0.15) is 0 Å². The summed E-state index contributed by atoms with van der Waals surface area (Å²) in [6, 6.07) is 9.04. The molecule has 5 nitrogen and oxygen atoms in total. The van der Waals surface area contributed by atoms with Crippen molar-refractivity contribution in [1.29, 1.82) is 0 Å². The van der Waals surface area contributed by atoms with Crippen molar-refractivity contribution in [3.8, 4) is 0 Å². The van der Waals surface area contributed by atoms with E-state index in [4.69, 9.17) is 4.74 Å². The second-order valence-corrected chi connectivity index (χ2v) is 5.59. The van der Waals surface area contributed by atoms with Crippen molar-refractivity contribution >= 4 is 12.1 Å². The fourth-order valence-electron chi connectivity index (χ4n) is 2.73. The van der Waals surface area contributed by atoms with Crippen molar-refractivity contribution < 1.29 is 14.3 Å². The monoisotopic (exact) mass is 260 g/mol. The van der Waals surface area contributed by atoms with Crippen LogP contribution in [0.15, 0.2) is 30.3 Å². The van der Waals surface area contributed by atoms with Gasteiger partial charge in [-0.1, -0.05) is 30.3 Å². The van der Waals surface area contributed by atoms with Crippen LogP contribution in [0.4, 0.5) is 9.59 Å². The van der Waals surface area contributed by atoms with E-state index in [1.807, 2.05) is 44.2 Å². The molecule has 2 atom stereocenters. The van der Waals surface area contributed by atoms with Crippen LogP contribution in [0, 0.1) is 0 Å². The molecule has 1 N–H and O–H groups in total. The molecule has 3 rings (SSSR count). The zero-order valence-corrected chi connectivity index (χ0v) is 11.0. The molecule has 1 aliphatic heterocycles. The van der Waals surface area contributed by atoms with Crippen molar-refractivity contribution in [3.63, 3.8) is 0 Å². The number of benzene rings is 1. The second-order valence-electron chi connectivity index (χ2n) is 5.59. The van der Waals surface area contributed by atoms with E-state index in [2.05, 4.69) is 5.32 Å². The van der Waals surface area contributed by atoms with Gasteiger partial charge >= 0.3 is 12.1 Å². The minimum Gasteiger partial charge on any atom is -0.444 e. The lowest BCUT2D eigenvalue weighted by Crippen LogP contribution is -2.43. The minimum atomic E-state index is -0.579. The SMILES string of the molecule is C[C@@]12C[C@]1(C)N(C(=O)OCc1ccccc1)C(=O)N2. The molecular formula is C14H16N2O3. The Morgan fingerprint density at radius 1 is 1.37 bits per heavy atom. The number of ether oxygens (including phenoxy) is 1. The topological polar surface area (TPSA) is 58.6 Å². The van der Waals surface area contributed by atoms with Gasteiger partial charge in [0.1, 0.15) is 6.61 Å². The Morgan fingerprint density at radius 2 is 2.05 bits per heavy atom. The number of hydrogen-bond donors (Lipinski definition) is 1. The molecule has 0 aromatic heterocycles. The van der Waals surface area contributed by atoms with E-state index in [0.29, 0.717) is 0 Å². The van der Waals surface area contributed by atoms with Gasteiger partial charge in [-0.25, -0.2) is 14.5 Å². The lowest BCUT2D eigenvalue weighted by molar-refractivity contribution is 0.0954. The smallest absolute Gasteiger partial charge is 0.418 e. The van der Waals surface area contributed by atoms with Crippen LogP contribution < -0.4 is 5.32 Å². The first-order chi connectivity index (χ1) is 8.96. The van der Waals surface area contributed by atoms with Gasteiger partial charge in [0.2, 0.25) is 0 Å². The number of carbonyl (C=O) groups is 2. The highest BCUT2D eigenvalue weighted by Gasteiger charge is 2.73. The van der Waals surface area contributed by atoms with Crippen LogP contribution in [0.25, 0.3) is 0 Å². The Kier molecular flexibility index (Phi) is 2.36. The van der Waals surface area contributed by atoms with Crippen molar-refractivity contribution in [2.24, 2.45) is 0 Å². The van der Waals surface area contributed by atoms with Gasteiger partial charge in [0, 0.05) is 0 Å². The molecular weight excluding hydrogens is 244 g/mol. The third-order valence-corrected chi connectivity index (χ3v) is 4.23. The largest absolute Gasteiger partial charge is 0.444 e. The summed E-state index contributed by atoms with van der Waals surface area (Å²) in [5.41, 5.74) is 0.160. The van der Waals surface area contributed by atoms with Gasteiger partial charge in [-0.05, 0) is 25.8 Å². The summed E-state index contributed by atoms with van der Waals surface area (Å²) in [6.07, 6.45) is 0.191. The lowest BCUT2D eigenvalue weighted by Gasteiger charge is -2.21. The van der Waals surface area contributed by atoms with E-state index >= 15 is 0 Å². The van der Waals surface area contributed by atoms with E-state index in [-0.39, 0.29) is 18.2 Å². The van der Waals surface area contributed by atoms with Crippen molar-refractivity contribution in [1.82, 2.24) is 10.2 Å². The number of carbonyl (C=O) groups excluding carboxylic acids is 2. The molecule has 2 aliphatic rings. The molecule has 1 aliphatic carbocycles. The maximum absolute atomic E-state index is 12.1. The van der Waals surface area contributed by atoms with Crippen LogP contribution in [0.3, 0.4) is 0 Å². The number of imide groups is 1. The minimum absolute atomic E-state index is 0.177. The predicted molar refractivity (Wildman–Crippen MR) is 68.4 cm³/mol. The van der Waals surface area contributed by atoms with Gasteiger partial charge in [0.05, 0.1) is 11.1 Å². The molecule has 1 aromatic carbocycles. The fourth-order valence-corrected chi connectivity index (χ4v) is 2.73. The maximum atomic E-state index is 12.1. The predicted octanol–water partition coefficient (Wildman–Crippen LogP) is 2.27. The van der Waals surface area contributed by atoms with E-state index in [1.54, 1.807) is 0 Å². The summed E-state index contributed by atoms with van der Waals surface area (Å²) < 4.78 is 5.22. The average molecular weight is 260 g/mol. The maximum Gasteiger partial charge on any atom is 0.418 e. The Labute approximate surface area is 111 Å². The molecule has 1 saturated carbocycles. The summed E-state index contributed by atoms with van der Waals surface area (Å²) in [6.45, 7) is 4.01. The fraction of sp³-hybridized carbons (Fsp3) is 0.429. The molecule has 1 aromatic rings. The van der Waals surface area contributed by atoms with Gasteiger partial charge in [-0.15, -0.1) is 0 Å². The summed E-state index contributed by atoms with van der Waals surface area (Å²) in [7, 11) is 0.